The first kappa shape index (κ1) is 13.9. The molecule has 0 heterocycles. The Kier molecular flexibility index (Phi) is 4.46. The Morgan fingerprint density at radius 2 is 2.00 bits per heavy atom. The highest BCUT2D eigenvalue weighted by Gasteiger charge is 2.20. The van der Waals surface area contributed by atoms with Gasteiger partial charge in [0.1, 0.15) is 10.8 Å². The summed E-state index contributed by atoms with van der Waals surface area (Å²) in [6, 6.07) is 4.47. The minimum absolute atomic E-state index is 0.0304. The van der Waals surface area contributed by atoms with Gasteiger partial charge in [-0.15, -0.1) is 0 Å². The maximum atomic E-state index is 13.2. The lowest BCUT2D eigenvalue weighted by Crippen LogP contribution is -2.34. The van der Waals surface area contributed by atoms with Crippen molar-refractivity contribution < 1.29 is 4.39 Å². The molecule has 0 fully saturated rings. The van der Waals surface area contributed by atoms with Gasteiger partial charge >= 0.3 is 0 Å². The van der Waals surface area contributed by atoms with Crippen molar-refractivity contribution in [2.24, 2.45) is 5.73 Å². The highest BCUT2D eigenvalue weighted by atomic mass is 32.1. The largest absolute Gasteiger partial charge is 0.389 e. The molecule has 1 aromatic rings. The van der Waals surface area contributed by atoms with Gasteiger partial charge in [-0.3, -0.25) is 0 Å². The van der Waals surface area contributed by atoms with Crippen molar-refractivity contribution in [1.29, 1.82) is 0 Å². The molecule has 0 unspecified atom stereocenters. The molecule has 17 heavy (non-hydrogen) atoms. The summed E-state index contributed by atoms with van der Waals surface area (Å²) in [6.45, 7) is 6.35. The molecule has 2 nitrogen and oxygen atoms in total. The van der Waals surface area contributed by atoms with Crippen LogP contribution in [0.5, 0.6) is 0 Å². The van der Waals surface area contributed by atoms with E-state index >= 15 is 0 Å². The van der Waals surface area contributed by atoms with Crippen molar-refractivity contribution in [1.82, 2.24) is 0 Å². The van der Waals surface area contributed by atoms with Crippen molar-refractivity contribution in [3.05, 3.63) is 29.6 Å². The maximum absolute atomic E-state index is 13.2. The fourth-order valence-corrected chi connectivity index (χ4v) is 1.75. The van der Waals surface area contributed by atoms with Gasteiger partial charge in [0.25, 0.3) is 0 Å². The normalized spacial score (nSPS) is 11.3. The van der Waals surface area contributed by atoms with Gasteiger partial charge in [0.05, 0.1) is 0 Å². The Morgan fingerprint density at radius 1 is 1.41 bits per heavy atom. The average molecular weight is 254 g/mol. The fourth-order valence-electron chi connectivity index (χ4n) is 1.58. The molecule has 1 aromatic carbocycles. The van der Waals surface area contributed by atoms with Gasteiger partial charge in [0, 0.05) is 16.8 Å². The van der Waals surface area contributed by atoms with E-state index in [-0.39, 0.29) is 16.3 Å². The summed E-state index contributed by atoms with van der Waals surface area (Å²) in [5.74, 6) is -0.326. The van der Waals surface area contributed by atoms with Crippen LogP contribution in [-0.2, 0) is 0 Å². The summed E-state index contributed by atoms with van der Waals surface area (Å²) in [4.78, 5) is 0.210. The van der Waals surface area contributed by atoms with E-state index in [1.807, 2.05) is 0 Å². The number of thiocarbonyl (C=S) groups is 1. The quantitative estimate of drug-likeness (QED) is 0.790. The zero-order valence-electron chi connectivity index (χ0n) is 10.5. The fraction of sp³-hybridized carbons (Fsp3) is 0.462. The van der Waals surface area contributed by atoms with Crippen LogP contribution in [0.2, 0.25) is 0 Å². The molecular weight excluding hydrogens is 235 g/mol. The summed E-state index contributed by atoms with van der Waals surface area (Å²) in [6.07, 6.45) is 1.94. The number of halogens is 1. The molecule has 0 aliphatic rings. The lowest BCUT2D eigenvalue weighted by Gasteiger charge is -2.30. The van der Waals surface area contributed by atoms with Gasteiger partial charge in [-0.2, -0.15) is 0 Å². The molecule has 0 bridgehead atoms. The van der Waals surface area contributed by atoms with Crippen LogP contribution < -0.4 is 11.1 Å². The molecule has 4 heteroatoms. The van der Waals surface area contributed by atoms with E-state index in [9.17, 15) is 4.39 Å². The zero-order valence-corrected chi connectivity index (χ0v) is 11.3. The summed E-state index contributed by atoms with van der Waals surface area (Å²) < 4.78 is 13.2. The van der Waals surface area contributed by atoms with Crippen LogP contribution >= 0.6 is 12.2 Å². The predicted octanol–water partition coefficient (Wildman–Crippen LogP) is 3.45. The second-order valence-corrected chi connectivity index (χ2v) is 4.89. The monoisotopic (exact) mass is 254 g/mol. The summed E-state index contributed by atoms with van der Waals surface area (Å²) in [7, 11) is 0. The Morgan fingerprint density at radius 3 is 2.47 bits per heavy atom. The standard InChI is InChI=1S/C13H19FN2S/c1-4-13(3,5-2)16-11-7-6-9(14)8-10(11)12(15)17/h6-8,16H,4-5H2,1-3H3,(H2,15,17). The second-order valence-electron chi connectivity index (χ2n) is 4.45. The maximum Gasteiger partial charge on any atom is 0.124 e. The van der Waals surface area contributed by atoms with Crippen LogP contribution in [0.3, 0.4) is 0 Å². The Labute approximate surface area is 107 Å². The number of hydrogen-bond donors (Lipinski definition) is 2. The molecule has 0 atom stereocenters. The van der Waals surface area contributed by atoms with E-state index < -0.39 is 0 Å². The lowest BCUT2D eigenvalue weighted by molar-refractivity contribution is 0.478. The van der Waals surface area contributed by atoms with Gasteiger partial charge in [-0.1, -0.05) is 26.1 Å². The van der Waals surface area contributed by atoms with E-state index in [0.29, 0.717) is 5.56 Å². The van der Waals surface area contributed by atoms with Crippen LogP contribution in [0.1, 0.15) is 39.2 Å². The van der Waals surface area contributed by atoms with Crippen LogP contribution in [0.4, 0.5) is 10.1 Å². The summed E-state index contributed by atoms with van der Waals surface area (Å²) >= 11 is 4.94. The minimum atomic E-state index is -0.326. The van der Waals surface area contributed by atoms with Crippen LogP contribution in [0.15, 0.2) is 18.2 Å². The number of nitrogens with one attached hydrogen (secondary N) is 1. The Balaban J connectivity index is 3.10. The number of benzene rings is 1. The second kappa shape index (κ2) is 5.45. The topological polar surface area (TPSA) is 38.0 Å². The third-order valence-electron chi connectivity index (χ3n) is 3.24. The first-order valence-corrected chi connectivity index (χ1v) is 6.20. The molecule has 94 valence electrons. The highest BCUT2D eigenvalue weighted by molar-refractivity contribution is 7.80. The van der Waals surface area contributed by atoms with Gasteiger partial charge in [-0.25, -0.2) is 4.39 Å². The summed E-state index contributed by atoms with van der Waals surface area (Å²) in [5, 5.41) is 3.40. The van der Waals surface area contributed by atoms with Crippen LogP contribution in [-0.4, -0.2) is 10.5 Å². The SMILES string of the molecule is CCC(C)(CC)Nc1ccc(F)cc1C(N)=S. The molecule has 0 amide bonds. The molecule has 0 saturated heterocycles. The van der Waals surface area contributed by atoms with E-state index in [4.69, 9.17) is 18.0 Å². The Hall–Kier alpha value is -1.16. The molecule has 0 aliphatic heterocycles. The van der Waals surface area contributed by atoms with Crippen LogP contribution in [0.25, 0.3) is 0 Å². The molecule has 0 saturated carbocycles. The molecule has 0 aliphatic carbocycles. The third kappa shape index (κ3) is 3.40. The van der Waals surface area contributed by atoms with Crippen molar-refractivity contribution in [2.45, 2.75) is 39.2 Å². The van der Waals surface area contributed by atoms with E-state index in [2.05, 4.69) is 26.1 Å². The predicted molar refractivity (Wildman–Crippen MR) is 74.9 cm³/mol. The summed E-state index contributed by atoms with van der Waals surface area (Å²) in [5.41, 5.74) is 6.94. The molecule has 3 N–H and O–H groups in total. The van der Waals surface area contributed by atoms with Gasteiger partial charge in [0.15, 0.2) is 0 Å². The van der Waals surface area contributed by atoms with E-state index in [1.54, 1.807) is 6.07 Å². The van der Waals surface area contributed by atoms with Crippen molar-refractivity contribution in [2.75, 3.05) is 5.32 Å². The number of rotatable bonds is 5. The highest BCUT2D eigenvalue weighted by Crippen LogP contribution is 2.25. The van der Waals surface area contributed by atoms with Crippen molar-refractivity contribution >= 4 is 22.9 Å². The molecule has 0 radical (unpaired) electrons. The van der Waals surface area contributed by atoms with Gasteiger partial charge in [-0.05, 0) is 38.0 Å². The first-order valence-electron chi connectivity index (χ1n) is 5.79. The lowest BCUT2D eigenvalue weighted by atomic mass is 9.94. The molecule has 0 aromatic heterocycles. The number of hydrogen-bond acceptors (Lipinski definition) is 2. The average Bonchev–Trinajstić information content (AvgIpc) is 2.31. The zero-order chi connectivity index (χ0) is 13.1. The number of nitrogens with two attached hydrogens (primary N) is 1. The Bertz CT molecular complexity index is 414. The molecular formula is C13H19FN2S. The first-order chi connectivity index (χ1) is 7.91. The third-order valence-corrected chi connectivity index (χ3v) is 3.46. The van der Waals surface area contributed by atoms with Crippen molar-refractivity contribution in [3.63, 3.8) is 0 Å². The molecule has 0 spiro atoms. The minimum Gasteiger partial charge on any atom is -0.389 e. The number of anilines is 1. The van der Waals surface area contributed by atoms with E-state index in [0.717, 1.165) is 18.5 Å². The smallest absolute Gasteiger partial charge is 0.124 e. The van der Waals surface area contributed by atoms with E-state index in [1.165, 1.54) is 12.1 Å². The molecule has 1 rings (SSSR count). The van der Waals surface area contributed by atoms with Gasteiger partial charge in [0.2, 0.25) is 0 Å². The van der Waals surface area contributed by atoms with Gasteiger partial charge < -0.3 is 11.1 Å². The van der Waals surface area contributed by atoms with Crippen molar-refractivity contribution in [3.8, 4) is 0 Å². The van der Waals surface area contributed by atoms with Crippen LogP contribution in [0, 0.1) is 5.82 Å².